The summed E-state index contributed by atoms with van der Waals surface area (Å²) in [4.78, 5) is 9.99. The summed E-state index contributed by atoms with van der Waals surface area (Å²) in [7, 11) is 0. The molecule has 0 saturated carbocycles. The van der Waals surface area contributed by atoms with Gasteiger partial charge in [-0.15, -0.1) is 0 Å². The Morgan fingerprint density at radius 1 is 1.64 bits per heavy atom. The van der Waals surface area contributed by atoms with Crippen LogP contribution >= 0.6 is 0 Å². The van der Waals surface area contributed by atoms with Crippen LogP contribution in [-0.2, 0) is 9.53 Å². The lowest BCUT2D eigenvalue weighted by Crippen LogP contribution is -2.53. The monoisotopic (exact) mass is 158 g/mol. The van der Waals surface area contributed by atoms with Gasteiger partial charge >= 0.3 is 0 Å². The quantitative estimate of drug-likeness (QED) is 0.523. The molecule has 2 atom stereocenters. The summed E-state index contributed by atoms with van der Waals surface area (Å²) in [5.41, 5.74) is 0. The van der Waals surface area contributed by atoms with Crippen molar-refractivity contribution >= 4 is 6.47 Å². The molecule has 1 fully saturated rings. The van der Waals surface area contributed by atoms with Crippen LogP contribution in [0.5, 0.6) is 0 Å². The third-order valence-corrected chi connectivity index (χ3v) is 1.91. The smallest absolute Gasteiger partial charge is 0.293 e. The molecule has 0 aromatic rings. The number of hydrogen-bond donors (Lipinski definition) is 2. The molecule has 1 saturated heterocycles. The highest BCUT2D eigenvalue weighted by molar-refractivity contribution is 5.37. The fourth-order valence-electron chi connectivity index (χ4n) is 1.19. The highest BCUT2D eigenvalue weighted by Gasteiger charge is 2.19. The number of hydrogen-bond acceptors (Lipinski definition) is 4. The number of rotatable bonds is 3. The lowest BCUT2D eigenvalue weighted by molar-refractivity contribution is -0.134. The van der Waals surface area contributed by atoms with Crippen molar-refractivity contribution in [1.29, 1.82) is 0 Å². The third-order valence-electron chi connectivity index (χ3n) is 1.91. The molecule has 0 aromatic heterocycles. The van der Waals surface area contributed by atoms with Crippen LogP contribution in [0.15, 0.2) is 0 Å². The number of carbonyl (C=O) groups excluding carboxylic acids is 1. The van der Waals surface area contributed by atoms with E-state index in [-0.39, 0.29) is 12.1 Å². The maximum Gasteiger partial charge on any atom is 0.293 e. The van der Waals surface area contributed by atoms with E-state index in [2.05, 4.69) is 10.6 Å². The van der Waals surface area contributed by atoms with Crippen molar-refractivity contribution in [3.63, 3.8) is 0 Å². The van der Waals surface area contributed by atoms with E-state index < -0.39 is 0 Å². The molecule has 0 aliphatic carbocycles. The Morgan fingerprint density at radius 2 is 2.45 bits per heavy atom. The first kappa shape index (κ1) is 8.49. The van der Waals surface area contributed by atoms with Crippen molar-refractivity contribution in [2.75, 3.05) is 19.6 Å². The number of ether oxygens (including phenoxy) is 1. The van der Waals surface area contributed by atoms with E-state index in [1.54, 1.807) is 0 Å². The van der Waals surface area contributed by atoms with Gasteiger partial charge in [-0.05, 0) is 6.92 Å². The van der Waals surface area contributed by atoms with Crippen LogP contribution in [0, 0.1) is 0 Å². The molecule has 64 valence electrons. The van der Waals surface area contributed by atoms with E-state index in [1.165, 1.54) is 0 Å². The summed E-state index contributed by atoms with van der Waals surface area (Å²) in [6.07, 6.45) is -0.0414. The van der Waals surface area contributed by atoms with Crippen LogP contribution in [0.2, 0.25) is 0 Å². The lowest BCUT2D eigenvalue weighted by atomic mass is 10.1. The molecule has 0 spiro atoms. The molecule has 1 aliphatic rings. The summed E-state index contributed by atoms with van der Waals surface area (Å²) >= 11 is 0. The molecule has 1 rings (SSSR count). The minimum Gasteiger partial charge on any atom is -0.463 e. The van der Waals surface area contributed by atoms with Gasteiger partial charge in [0, 0.05) is 19.6 Å². The van der Waals surface area contributed by atoms with E-state index in [0.717, 1.165) is 19.6 Å². The molecule has 1 aliphatic heterocycles. The first-order valence-electron chi connectivity index (χ1n) is 3.88. The topological polar surface area (TPSA) is 50.4 Å². The SMILES string of the molecule is CC(OC=O)C1CNCCN1. The van der Waals surface area contributed by atoms with E-state index in [1.807, 2.05) is 6.92 Å². The zero-order valence-corrected chi connectivity index (χ0v) is 6.67. The van der Waals surface area contributed by atoms with Gasteiger partial charge in [-0.2, -0.15) is 0 Å². The van der Waals surface area contributed by atoms with E-state index >= 15 is 0 Å². The van der Waals surface area contributed by atoms with E-state index in [4.69, 9.17) is 4.74 Å². The Morgan fingerprint density at radius 3 is 3.00 bits per heavy atom. The molecule has 4 heteroatoms. The van der Waals surface area contributed by atoms with Gasteiger partial charge in [0.1, 0.15) is 6.10 Å². The van der Waals surface area contributed by atoms with Crippen LogP contribution in [0.1, 0.15) is 6.92 Å². The third kappa shape index (κ3) is 2.48. The van der Waals surface area contributed by atoms with Gasteiger partial charge < -0.3 is 15.4 Å². The maximum atomic E-state index is 9.99. The standard InChI is InChI=1S/C7H14N2O2/c1-6(11-5-10)7-4-8-2-3-9-7/h5-9H,2-4H2,1H3. The largest absolute Gasteiger partial charge is 0.463 e. The fraction of sp³-hybridized carbons (Fsp3) is 0.857. The highest BCUT2D eigenvalue weighted by Crippen LogP contribution is 1.98. The predicted octanol–water partition coefficient (Wildman–Crippen LogP) is -0.891. The average Bonchev–Trinajstić information content (AvgIpc) is 2.07. The first-order chi connectivity index (χ1) is 5.34. The van der Waals surface area contributed by atoms with Crippen LogP contribution in [0.25, 0.3) is 0 Å². The fourth-order valence-corrected chi connectivity index (χ4v) is 1.19. The summed E-state index contributed by atoms with van der Waals surface area (Å²) < 4.78 is 4.80. The van der Waals surface area contributed by atoms with Gasteiger partial charge in [-0.3, -0.25) is 4.79 Å². The Hall–Kier alpha value is -0.610. The van der Waals surface area contributed by atoms with Gasteiger partial charge in [-0.1, -0.05) is 0 Å². The molecule has 2 unspecified atom stereocenters. The molecule has 2 N–H and O–H groups in total. The Labute approximate surface area is 66.3 Å². The molecule has 1 heterocycles. The van der Waals surface area contributed by atoms with Gasteiger partial charge in [0.15, 0.2) is 0 Å². The molecule has 0 bridgehead atoms. The normalized spacial score (nSPS) is 27.5. The van der Waals surface area contributed by atoms with Crippen molar-refractivity contribution in [2.24, 2.45) is 0 Å². The average molecular weight is 158 g/mol. The van der Waals surface area contributed by atoms with Crippen LogP contribution < -0.4 is 10.6 Å². The van der Waals surface area contributed by atoms with Crippen LogP contribution in [-0.4, -0.2) is 38.3 Å². The second-order valence-electron chi connectivity index (χ2n) is 2.70. The minimum absolute atomic E-state index is 0.0414. The summed E-state index contributed by atoms with van der Waals surface area (Å²) in [5.74, 6) is 0. The molecule has 11 heavy (non-hydrogen) atoms. The minimum atomic E-state index is -0.0414. The molecule has 0 radical (unpaired) electrons. The zero-order chi connectivity index (χ0) is 8.10. The van der Waals surface area contributed by atoms with Gasteiger partial charge in [-0.25, -0.2) is 0 Å². The van der Waals surface area contributed by atoms with Crippen LogP contribution in [0.3, 0.4) is 0 Å². The highest BCUT2D eigenvalue weighted by atomic mass is 16.5. The van der Waals surface area contributed by atoms with Crippen molar-refractivity contribution in [3.05, 3.63) is 0 Å². The Kier molecular flexibility index (Phi) is 3.32. The number of piperazine rings is 1. The lowest BCUT2D eigenvalue weighted by Gasteiger charge is -2.28. The van der Waals surface area contributed by atoms with E-state index in [0.29, 0.717) is 6.47 Å². The van der Waals surface area contributed by atoms with E-state index in [9.17, 15) is 4.79 Å². The van der Waals surface area contributed by atoms with Crippen molar-refractivity contribution in [2.45, 2.75) is 19.1 Å². The molecule has 0 amide bonds. The second kappa shape index (κ2) is 4.31. The zero-order valence-electron chi connectivity index (χ0n) is 6.67. The van der Waals surface area contributed by atoms with Crippen LogP contribution in [0.4, 0.5) is 0 Å². The number of nitrogens with one attached hydrogen (secondary N) is 2. The Balaban J connectivity index is 2.26. The predicted molar refractivity (Wildman–Crippen MR) is 41.3 cm³/mol. The van der Waals surface area contributed by atoms with Gasteiger partial charge in [0.25, 0.3) is 6.47 Å². The van der Waals surface area contributed by atoms with Gasteiger partial charge in [0.2, 0.25) is 0 Å². The molecule has 0 aromatic carbocycles. The van der Waals surface area contributed by atoms with Crippen molar-refractivity contribution < 1.29 is 9.53 Å². The number of carbonyl (C=O) groups is 1. The first-order valence-corrected chi connectivity index (χ1v) is 3.88. The molecular formula is C7H14N2O2. The summed E-state index contributed by atoms with van der Waals surface area (Å²) in [6.45, 7) is 5.19. The van der Waals surface area contributed by atoms with Crippen molar-refractivity contribution in [3.8, 4) is 0 Å². The maximum absolute atomic E-state index is 9.99. The molecule has 4 nitrogen and oxygen atoms in total. The molecular weight excluding hydrogens is 144 g/mol. The van der Waals surface area contributed by atoms with Gasteiger partial charge in [0.05, 0.1) is 6.04 Å². The Bertz CT molecular complexity index is 124. The second-order valence-corrected chi connectivity index (χ2v) is 2.70. The summed E-state index contributed by atoms with van der Waals surface area (Å²) in [6, 6.07) is 0.258. The van der Waals surface area contributed by atoms with Crippen molar-refractivity contribution in [1.82, 2.24) is 10.6 Å². The summed E-state index contributed by atoms with van der Waals surface area (Å²) in [5, 5.41) is 6.47.